The SMILES string of the molecule is CN=C(NCCc1ccc(C)cc1C)NCc1sc(C)nc1C.I. The first kappa shape index (κ1) is 20.9. The van der Waals surface area contributed by atoms with Crippen molar-refractivity contribution >= 4 is 41.3 Å². The van der Waals surface area contributed by atoms with Crippen LogP contribution in [0.5, 0.6) is 0 Å². The molecule has 132 valence electrons. The Kier molecular flexibility index (Phi) is 8.69. The van der Waals surface area contributed by atoms with Gasteiger partial charge in [-0.15, -0.1) is 35.3 Å². The third-order valence-corrected chi connectivity index (χ3v) is 4.90. The minimum absolute atomic E-state index is 0. The van der Waals surface area contributed by atoms with Gasteiger partial charge in [0.15, 0.2) is 5.96 Å². The van der Waals surface area contributed by atoms with Gasteiger partial charge < -0.3 is 10.6 Å². The van der Waals surface area contributed by atoms with Crippen LogP contribution < -0.4 is 10.6 Å². The van der Waals surface area contributed by atoms with E-state index in [1.54, 1.807) is 18.4 Å². The molecule has 0 bridgehead atoms. The number of aryl methyl sites for hydroxylation is 4. The second-order valence-electron chi connectivity index (χ2n) is 5.77. The number of nitrogens with zero attached hydrogens (tertiary/aromatic N) is 2. The third kappa shape index (κ3) is 6.05. The van der Waals surface area contributed by atoms with E-state index >= 15 is 0 Å². The first-order valence-corrected chi connectivity index (χ1v) is 8.75. The molecule has 2 rings (SSSR count). The minimum Gasteiger partial charge on any atom is -0.356 e. The molecule has 0 fully saturated rings. The topological polar surface area (TPSA) is 49.3 Å². The van der Waals surface area contributed by atoms with Crippen molar-refractivity contribution in [3.05, 3.63) is 50.5 Å². The van der Waals surface area contributed by atoms with E-state index in [2.05, 4.69) is 59.6 Å². The second-order valence-corrected chi connectivity index (χ2v) is 7.06. The average molecular weight is 458 g/mol. The van der Waals surface area contributed by atoms with Crippen molar-refractivity contribution in [1.82, 2.24) is 15.6 Å². The van der Waals surface area contributed by atoms with Gasteiger partial charge in [0, 0.05) is 18.5 Å². The molecule has 1 aromatic heterocycles. The normalized spacial score (nSPS) is 11.1. The maximum Gasteiger partial charge on any atom is 0.191 e. The molecule has 4 nitrogen and oxygen atoms in total. The fourth-order valence-electron chi connectivity index (χ4n) is 2.56. The van der Waals surface area contributed by atoms with Crippen LogP contribution in [0.4, 0.5) is 0 Å². The quantitative estimate of drug-likeness (QED) is 0.406. The highest BCUT2D eigenvalue weighted by Gasteiger charge is 2.06. The summed E-state index contributed by atoms with van der Waals surface area (Å²) in [6.45, 7) is 10.0. The molecule has 0 spiro atoms. The van der Waals surface area contributed by atoms with Crippen LogP contribution >= 0.6 is 35.3 Å². The Morgan fingerprint density at radius 3 is 2.50 bits per heavy atom. The number of guanidine groups is 1. The largest absolute Gasteiger partial charge is 0.356 e. The molecule has 2 aromatic rings. The molecular formula is C18H27IN4S. The number of aromatic nitrogens is 1. The molecule has 6 heteroatoms. The summed E-state index contributed by atoms with van der Waals surface area (Å²) in [4.78, 5) is 10.0. The van der Waals surface area contributed by atoms with Crippen LogP contribution in [-0.4, -0.2) is 24.5 Å². The van der Waals surface area contributed by atoms with Crippen LogP contribution in [0.3, 0.4) is 0 Å². The Balaban J connectivity index is 0.00000288. The maximum atomic E-state index is 4.45. The molecule has 0 radical (unpaired) electrons. The summed E-state index contributed by atoms with van der Waals surface area (Å²) < 4.78 is 0. The molecule has 0 saturated carbocycles. The van der Waals surface area contributed by atoms with Crippen molar-refractivity contribution in [3.63, 3.8) is 0 Å². The molecule has 0 unspecified atom stereocenters. The lowest BCUT2D eigenvalue weighted by Gasteiger charge is -2.12. The number of halogens is 1. The van der Waals surface area contributed by atoms with Crippen molar-refractivity contribution < 1.29 is 0 Å². The molecule has 0 aliphatic rings. The second kappa shape index (κ2) is 9.98. The summed E-state index contributed by atoms with van der Waals surface area (Å²) >= 11 is 1.73. The fraction of sp³-hybridized carbons (Fsp3) is 0.444. The van der Waals surface area contributed by atoms with Gasteiger partial charge in [-0.1, -0.05) is 23.8 Å². The molecule has 2 N–H and O–H groups in total. The van der Waals surface area contributed by atoms with E-state index in [0.29, 0.717) is 0 Å². The lowest BCUT2D eigenvalue weighted by Crippen LogP contribution is -2.37. The summed E-state index contributed by atoms with van der Waals surface area (Å²) in [6, 6.07) is 6.62. The Labute approximate surface area is 166 Å². The van der Waals surface area contributed by atoms with Crippen LogP contribution in [0.2, 0.25) is 0 Å². The fourth-order valence-corrected chi connectivity index (χ4v) is 3.44. The minimum atomic E-state index is 0. The number of hydrogen-bond acceptors (Lipinski definition) is 3. The molecule has 1 heterocycles. The highest BCUT2D eigenvalue weighted by atomic mass is 127. The smallest absolute Gasteiger partial charge is 0.191 e. The van der Waals surface area contributed by atoms with Gasteiger partial charge in [0.05, 0.1) is 17.2 Å². The zero-order valence-electron chi connectivity index (χ0n) is 15.1. The molecular weight excluding hydrogens is 431 g/mol. The van der Waals surface area contributed by atoms with E-state index in [1.807, 2.05) is 6.92 Å². The number of nitrogens with one attached hydrogen (secondary N) is 2. The standard InChI is InChI=1S/C18H26N4S.HI/c1-12-6-7-16(13(2)10-12)8-9-20-18(19-5)21-11-17-14(3)22-15(4)23-17;/h6-7,10H,8-9,11H2,1-5H3,(H2,19,20,21);1H. The number of benzene rings is 1. The summed E-state index contributed by atoms with van der Waals surface area (Å²) in [5.74, 6) is 0.834. The predicted octanol–water partition coefficient (Wildman–Crippen LogP) is 3.90. The molecule has 1 aromatic carbocycles. The van der Waals surface area contributed by atoms with Gasteiger partial charge in [0.1, 0.15) is 0 Å². The Bertz CT molecular complexity index is 694. The van der Waals surface area contributed by atoms with Crippen LogP contribution in [0.1, 0.15) is 32.3 Å². The van der Waals surface area contributed by atoms with Crippen molar-refractivity contribution in [2.24, 2.45) is 4.99 Å². The monoisotopic (exact) mass is 458 g/mol. The first-order valence-electron chi connectivity index (χ1n) is 7.93. The van der Waals surface area contributed by atoms with Crippen molar-refractivity contribution in [2.45, 2.75) is 40.7 Å². The van der Waals surface area contributed by atoms with Crippen LogP contribution in [0, 0.1) is 27.7 Å². The molecule has 0 amide bonds. The van der Waals surface area contributed by atoms with E-state index in [1.165, 1.54) is 21.6 Å². The summed E-state index contributed by atoms with van der Waals surface area (Å²) in [6.07, 6.45) is 0.992. The van der Waals surface area contributed by atoms with Gasteiger partial charge in [-0.25, -0.2) is 4.98 Å². The Morgan fingerprint density at radius 2 is 1.92 bits per heavy atom. The van der Waals surface area contributed by atoms with E-state index in [-0.39, 0.29) is 24.0 Å². The molecule has 24 heavy (non-hydrogen) atoms. The zero-order chi connectivity index (χ0) is 16.8. The van der Waals surface area contributed by atoms with Crippen LogP contribution in [0.15, 0.2) is 23.2 Å². The summed E-state index contributed by atoms with van der Waals surface area (Å²) in [7, 11) is 1.80. The highest BCUT2D eigenvalue weighted by molar-refractivity contribution is 14.0. The van der Waals surface area contributed by atoms with E-state index in [0.717, 1.165) is 36.2 Å². The Hall–Kier alpha value is -1.15. The van der Waals surface area contributed by atoms with Crippen molar-refractivity contribution in [1.29, 1.82) is 0 Å². The van der Waals surface area contributed by atoms with E-state index < -0.39 is 0 Å². The molecule has 0 saturated heterocycles. The maximum absolute atomic E-state index is 4.45. The van der Waals surface area contributed by atoms with Crippen LogP contribution in [0.25, 0.3) is 0 Å². The van der Waals surface area contributed by atoms with Crippen molar-refractivity contribution in [2.75, 3.05) is 13.6 Å². The molecule has 0 aliphatic carbocycles. The number of thiazole rings is 1. The number of hydrogen-bond donors (Lipinski definition) is 2. The Morgan fingerprint density at radius 1 is 1.17 bits per heavy atom. The van der Waals surface area contributed by atoms with E-state index in [9.17, 15) is 0 Å². The third-order valence-electron chi connectivity index (χ3n) is 3.82. The first-order chi connectivity index (χ1) is 11.0. The van der Waals surface area contributed by atoms with Crippen LogP contribution in [-0.2, 0) is 13.0 Å². The zero-order valence-corrected chi connectivity index (χ0v) is 18.2. The molecule has 0 atom stereocenters. The highest BCUT2D eigenvalue weighted by Crippen LogP contribution is 2.16. The lowest BCUT2D eigenvalue weighted by molar-refractivity contribution is 0.794. The predicted molar refractivity (Wildman–Crippen MR) is 115 cm³/mol. The lowest BCUT2D eigenvalue weighted by atomic mass is 10.0. The van der Waals surface area contributed by atoms with Gasteiger partial charge in [0.25, 0.3) is 0 Å². The summed E-state index contributed by atoms with van der Waals surface area (Å²) in [5, 5.41) is 7.85. The van der Waals surface area contributed by atoms with Gasteiger partial charge in [0.2, 0.25) is 0 Å². The van der Waals surface area contributed by atoms with E-state index in [4.69, 9.17) is 0 Å². The van der Waals surface area contributed by atoms with Gasteiger partial charge in [-0.2, -0.15) is 0 Å². The number of rotatable bonds is 5. The summed E-state index contributed by atoms with van der Waals surface area (Å²) in [5.41, 5.74) is 5.15. The van der Waals surface area contributed by atoms with Gasteiger partial charge in [-0.3, -0.25) is 4.99 Å². The average Bonchev–Trinajstić information content (AvgIpc) is 2.82. The van der Waals surface area contributed by atoms with Crippen molar-refractivity contribution in [3.8, 4) is 0 Å². The molecule has 0 aliphatic heterocycles. The van der Waals surface area contributed by atoms with Gasteiger partial charge in [-0.05, 0) is 45.2 Å². The number of aliphatic imine (C=N–C) groups is 1. The van der Waals surface area contributed by atoms with Gasteiger partial charge >= 0.3 is 0 Å².